The van der Waals surface area contributed by atoms with Gasteiger partial charge in [-0.05, 0) is 6.42 Å². The van der Waals surface area contributed by atoms with Gasteiger partial charge in [-0.1, -0.05) is 19.8 Å². The molecule has 0 aliphatic heterocycles. The van der Waals surface area contributed by atoms with Crippen LogP contribution in [0.4, 0.5) is 0 Å². The summed E-state index contributed by atoms with van der Waals surface area (Å²) in [5, 5.41) is 0. The molecule has 0 fully saturated rings. The van der Waals surface area contributed by atoms with Crippen LogP contribution in [-0.4, -0.2) is 30.7 Å². The van der Waals surface area contributed by atoms with Crippen molar-refractivity contribution in [2.75, 3.05) is 0 Å². The van der Waals surface area contributed by atoms with Gasteiger partial charge in [0.15, 0.2) is 0 Å². The summed E-state index contributed by atoms with van der Waals surface area (Å²) in [5.41, 5.74) is 0. The summed E-state index contributed by atoms with van der Waals surface area (Å²) in [6.07, 6.45) is 2.82. The molecule has 0 aromatic carbocycles. The van der Waals surface area contributed by atoms with Crippen LogP contribution in [0.5, 0.6) is 0 Å². The first-order valence-electron chi connectivity index (χ1n) is 2.34. The zero-order chi connectivity index (χ0) is 5.70. The Morgan fingerprint density at radius 1 is 1.38 bits per heavy atom. The Bertz CT molecular complexity index is 39.4. The average Bonchev–Trinajstić information content (AvgIpc) is 1.61. The molecule has 0 bridgehead atoms. The van der Waals surface area contributed by atoms with Crippen molar-refractivity contribution in [3.63, 3.8) is 0 Å². The van der Waals surface area contributed by atoms with Gasteiger partial charge >= 0.3 is 25.8 Å². The van der Waals surface area contributed by atoms with Gasteiger partial charge in [0, 0.05) is 0 Å². The maximum atomic E-state index is 5.39. The zero-order valence-electron chi connectivity index (χ0n) is 4.16. The van der Waals surface area contributed by atoms with E-state index in [0.29, 0.717) is 0 Å². The molecular weight excluding hydrogens is 246 g/mol. The molecule has 49 valence electrons. The molecule has 0 rings (SSSR count). The molecule has 0 saturated carbocycles. The van der Waals surface area contributed by atoms with Crippen molar-refractivity contribution < 1.29 is 0 Å². The summed E-state index contributed by atoms with van der Waals surface area (Å²) in [6, 6.07) is 0. The summed E-state index contributed by atoms with van der Waals surface area (Å²) in [6.45, 7) is 3.64. The maximum absolute atomic E-state index is 5.39. The standard InChI is InChI=1S/C5H9Cl2.In.3H/c1-2-3-4-5(6)7;;;;/h5H,1-4H2;;;;. The average molecular weight is 258 g/mol. The topological polar surface area (TPSA) is 0 Å². The molecule has 0 unspecified atom stereocenters. The molecule has 0 aliphatic rings. The predicted molar refractivity (Wildman–Crippen MR) is 44.6 cm³/mol. The number of halogens is 2. The van der Waals surface area contributed by atoms with E-state index in [1.165, 1.54) is 0 Å². The Balaban J connectivity index is 0. The molecular formula is C5H12Cl2In. The Morgan fingerprint density at radius 3 is 2.00 bits per heavy atom. The van der Waals surface area contributed by atoms with E-state index in [9.17, 15) is 0 Å². The first-order chi connectivity index (χ1) is 3.27. The van der Waals surface area contributed by atoms with Gasteiger partial charge in [-0.25, -0.2) is 0 Å². The van der Waals surface area contributed by atoms with Crippen LogP contribution in [0.1, 0.15) is 19.3 Å². The number of hydrogen-bond donors (Lipinski definition) is 0. The van der Waals surface area contributed by atoms with Crippen LogP contribution >= 0.6 is 23.2 Å². The van der Waals surface area contributed by atoms with Gasteiger partial charge in [-0.3, -0.25) is 0 Å². The molecule has 0 aliphatic carbocycles. The van der Waals surface area contributed by atoms with Crippen molar-refractivity contribution in [2.24, 2.45) is 0 Å². The molecule has 8 heavy (non-hydrogen) atoms. The third-order valence-corrected chi connectivity index (χ3v) is 1.11. The minimum absolute atomic E-state index is 0. The third-order valence-electron chi connectivity index (χ3n) is 0.672. The van der Waals surface area contributed by atoms with Gasteiger partial charge in [-0.15, -0.1) is 23.2 Å². The second kappa shape index (κ2) is 8.45. The van der Waals surface area contributed by atoms with E-state index in [2.05, 4.69) is 6.92 Å². The Morgan fingerprint density at radius 2 is 1.88 bits per heavy atom. The molecule has 0 nitrogen and oxygen atoms in total. The van der Waals surface area contributed by atoms with Crippen LogP contribution in [0, 0.1) is 6.92 Å². The van der Waals surface area contributed by atoms with Crippen LogP contribution in [0.3, 0.4) is 0 Å². The van der Waals surface area contributed by atoms with Crippen molar-refractivity contribution >= 4 is 49.0 Å². The number of unbranched alkanes of at least 4 members (excludes halogenated alkanes) is 1. The number of rotatable bonds is 3. The van der Waals surface area contributed by atoms with Gasteiger partial charge in [0.1, 0.15) is 4.84 Å². The van der Waals surface area contributed by atoms with E-state index in [0.717, 1.165) is 19.3 Å². The summed E-state index contributed by atoms with van der Waals surface area (Å²) in [5.74, 6) is 0. The van der Waals surface area contributed by atoms with E-state index in [1.807, 2.05) is 0 Å². The van der Waals surface area contributed by atoms with Gasteiger partial charge < -0.3 is 0 Å². The second-order valence-corrected chi connectivity index (χ2v) is 2.66. The third kappa shape index (κ3) is 10.4. The molecule has 0 aromatic rings. The first kappa shape index (κ1) is 12.2. The van der Waals surface area contributed by atoms with Crippen LogP contribution in [0.25, 0.3) is 0 Å². The Labute approximate surface area is 79.7 Å². The molecule has 0 N–H and O–H groups in total. The molecule has 0 atom stereocenters. The van der Waals surface area contributed by atoms with E-state index in [-0.39, 0.29) is 30.7 Å². The second-order valence-electron chi connectivity index (χ2n) is 1.39. The molecule has 0 amide bonds. The zero-order valence-corrected chi connectivity index (χ0v) is 5.67. The molecule has 1 radical (unpaired) electrons. The van der Waals surface area contributed by atoms with Crippen molar-refractivity contribution in [1.82, 2.24) is 0 Å². The molecule has 0 saturated heterocycles. The summed E-state index contributed by atoms with van der Waals surface area (Å²) in [4.78, 5) is -0.193. The normalized spacial score (nSPS) is 9.00. The summed E-state index contributed by atoms with van der Waals surface area (Å²) >= 11 is 10.8. The van der Waals surface area contributed by atoms with Crippen molar-refractivity contribution in [1.29, 1.82) is 0 Å². The molecule has 3 heteroatoms. The van der Waals surface area contributed by atoms with Gasteiger partial charge in [-0.2, -0.15) is 0 Å². The molecule has 0 heterocycles. The Kier molecular flexibility index (Phi) is 12.8. The summed E-state index contributed by atoms with van der Waals surface area (Å²) in [7, 11) is 0. The van der Waals surface area contributed by atoms with E-state index in [1.54, 1.807) is 0 Å². The monoisotopic (exact) mass is 257 g/mol. The van der Waals surface area contributed by atoms with E-state index >= 15 is 0 Å². The Hall–Kier alpha value is 1.45. The SMILES string of the molecule is [CH2]CCCC(Cl)Cl.[InH3]. The van der Waals surface area contributed by atoms with Crippen molar-refractivity contribution in [3.05, 3.63) is 6.92 Å². The van der Waals surface area contributed by atoms with Crippen LogP contribution < -0.4 is 0 Å². The first-order valence-corrected chi connectivity index (χ1v) is 3.22. The van der Waals surface area contributed by atoms with Crippen molar-refractivity contribution in [3.8, 4) is 0 Å². The number of alkyl halides is 2. The molecule has 0 aromatic heterocycles. The van der Waals surface area contributed by atoms with Crippen molar-refractivity contribution in [2.45, 2.75) is 24.1 Å². The van der Waals surface area contributed by atoms with Crippen LogP contribution in [-0.2, 0) is 0 Å². The van der Waals surface area contributed by atoms with Gasteiger partial charge in [0.05, 0.1) is 0 Å². The number of hydrogen-bond acceptors (Lipinski definition) is 0. The summed E-state index contributed by atoms with van der Waals surface area (Å²) < 4.78 is 0. The fraction of sp³-hybridized carbons (Fsp3) is 0.800. The fourth-order valence-corrected chi connectivity index (χ4v) is 0.607. The van der Waals surface area contributed by atoms with E-state index in [4.69, 9.17) is 23.2 Å². The van der Waals surface area contributed by atoms with Gasteiger partial charge in [0.25, 0.3) is 0 Å². The quantitative estimate of drug-likeness (QED) is 0.674. The predicted octanol–water partition coefficient (Wildman–Crippen LogP) is 1.61. The van der Waals surface area contributed by atoms with Gasteiger partial charge in [0.2, 0.25) is 0 Å². The fourth-order valence-electron chi connectivity index (χ4n) is 0.299. The van der Waals surface area contributed by atoms with E-state index < -0.39 is 0 Å². The van der Waals surface area contributed by atoms with Crippen LogP contribution in [0.15, 0.2) is 0 Å². The molecule has 0 spiro atoms. The minimum atomic E-state index is -0.193. The van der Waals surface area contributed by atoms with Crippen LogP contribution in [0.2, 0.25) is 0 Å².